The maximum absolute atomic E-state index is 11.7. The number of sulfonamides is 1. The molecule has 0 unspecified atom stereocenters. The van der Waals surface area contributed by atoms with Gasteiger partial charge in [0.2, 0.25) is 10.0 Å². The third-order valence-corrected chi connectivity index (χ3v) is 4.79. The first kappa shape index (κ1) is 14.2. The van der Waals surface area contributed by atoms with Gasteiger partial charge in [-0.2, -0.15) is 4.31 Å². The molecule has 0 aromatic heterocycles. The van der Waals surface area contributed by atoms with Gasteiger partial charge in [0, 0.05) is 18.6 Å². The van der Waals surface area contributed by atoms with Crippen LogP contribution in [0.4, 0.5) is 0 Å². The largest absolute Gasteiger partial charge is 0.312 e. The molecule has 0 bridgehead atoms. The van der Waals surface area contributed by atoms with E-state index >= 15 is 0 Å². The van der Waals surface area contributed by atoms with Crippen LogP contribution < -0.4 is 5.32 Å². The molecule has 2 rings (SSSR count). The molecule has 2 fully saturated rings. The van der Waals surface area contributed by atoms with Crippen molar-refractivity contribution in [3.63, 3.8) is 0 Å². The molecule has 16 heavy (non-hydrogen) atoms. The Balaban J connectivity index is 0.00000128. The van der Waals surface area contributed by atoms with E-state index in [1.165, 1.54) is 6.26 Å². The van der Waals surface area contributed by atoms with Gasteiger partial charge >= 0.3 is 0 Å². The molecule has 1 N–H and O–H groups in total. The zero-order valence-corrected chi connectivity index (χ0v) is 11.3. The van der Waals surface area contributed by atoms with Crippen LogP contribution in [0, 0.1) is 0 Å². The number of halogens is 1. The van der Waals surface area contributed by atoms with Gasteiger partial charge in [0.05, 0.1) is 6.26 Å². The summed E-state index contributed by atoms with van der Waals surface area (Å²) < 4.78 is 25.1. The second-order valence-electron chi connectivity index (χ2n) is 4.64. The van der Waals surface area contributed by atoms with E-state index in [1.54, 1.807) is 4.31 Å². The van der Waals surface area contributed by atoms with Crippen LogP contribution in [-0.4, -0.2) is 44.2 Å². The fourth-order valence-electron chi connectivity index (χ4n) is 2.78. The highest BCUT2D eigenvalue weighted by atomic mass is 35.5. The average molecular weight is 269 g/mol. The van der Waals surface area contributed by atoms with E-state index in [1.807, 2.05) is 0 Å². The average Bonchev–Trinajstić information content (AvgIpc) is 2.38. The Labute approximate surface area is 104 Å². The van der Waals surface area contributed by atoms with Crippen molar-refractivity contribution in [3.8, 4) is 0 Å². The Hall–Kier alpha value is 0.160. The topological polar surface area (TPSA) is 49.4 Å². The third kappa shape index (κ3) is 3.09. The monoisotopic (exact) mass is 268 g/mol. The minimum absolute atomic E-state index is 0. The summed E-state index contributed by atoms with van der Waals surface area (Å²) in [7, 11) is -3.03. The quantitative estimate of drug-likeness (QED) is 0.771. The molecule has 0 amide bonds. The molecule has 0 saturated carbocycles. The fraction of sp³-hybridized carbons (Fsp3) is 1.00. The second kappa shape index (κ2) is 5.67. The summed E-state index contributed by atoms with van der Waals surface area (Å²) in [5.41, 5.74) is 0. The molecule has 0 aromatic rings. The van der Waals surface area contributed by atoms with Crippen LogP contribution in [-0.2, 0) is 10.0 Å². The normalized spacial score (nSPS) is 32.3. The summed E-state index contributed by atoms with van der Waals surface area (Å²) in [4.78, 5) is 0. The van der Waals surface area contributed by atoms with Gasteiger partial charge in [0.1, 0.15) is 0 Å². The maximum Gasteiger partial charge on any atom is 0.211 e. The Bertz CT molecular complexity index is 321. The lowest BCUT2D eigenvalue weighted by molar-refractivity contribution is 0.223. The van der Waals surface area contributed by atoms with E-state index in [0.29, 0.717) is 12.6 Å². The molecule has 2 saturated heterocycles. The van der Waals surface area contributed by atoms with Gasteiger partial charge in [-0.1, -0.05) is 6.42 Å². The SMILES string of the molecule is CS(=O)(=O)N1CCCC[C@H]2NCCC[C@H]21.Cl. The molecule has 0 spiro atoms. The van der Waals surface area contributed by atoms with Crippen LogP contribution in [0.5, 0.6) is 0 Å². The predicted molar refractivity (Wildman–Crippen MR) is 67.5 cm³/mol. The van der Waals surface area contributed by atoms with Gasteiger partial charge in [-0.3, -0.25) is 0 Å². The minimum Gasteiger partial charge on any atom is -0.312 e. The van der Waals surface area contributed by atoms with E-state index < -0.39 is 10.0 Å². The molecule has 0 radical (unpaired) electrons. The zero-order chi connectivity index (χ0) is 10.9. The number of hydrogen-bond donors (Lipinski definition) is 1. The van der Waals surface area contributed by atoms with Gasteiger partial charge in [0.25, 0.3) is 0 Å². The predicted octanol–water partition coefficient (Wildman–Crippen LogP) is 0.974. The van der Waals surface area contributed by atoms with Crippen molar-refractivity contribution in [3.05, 3.63) is 0 Å². The highest BCUT2D eigenvalue weighted by molar-refractivity contribution is 7.88. The van der Waals surface area contributed by atoms with E-state index in [2.05, 4.69) is 5.32 Å². The highest BCUT2D eigenvalue weighted by Gasteiger charge is 2.35. The third-order valence-electron chi connectivity index (χ3n) is 3.49. The first-order chi connectivity index (χ1) is 7.09. The van der Waals surface area contributed by atoms with Gasteiger partial charge in [0.15, 0.2) is 0 Å². The number of rotatable bonds is 1. The maximum atomic E-state index is 11.7. The van der Waals surface area contributed by atoms with Crippen LogP contribution in [0.2, 0.25) is 0 Å². The smallest absolute Gasteiger partial charge is 0.211 e. The Morgan fingerprint density at radius 3 is 2.62 bits per heavy atom. The molecule has 0 aromatic carbocycles. The molecule has 0 aliphatic carbocycles. The summed E-state index contributed by atoms with van der Waals surface area (Å²) in [6.45, 7) is 1.75. The molecular weight excluding hydrogens is 248 g/mol. The summed E-state index contributed by atoms with van der Waals surface area (Å²) in [5.74, 6) is 0. The van der Waals surface area contributed by atoms with Crippen LogP contribution in [0.25, 0.3) is 0 Å². The number of hydrogen-bond acceptors (Lipinski definition) is 3. The lowest BCUT2D eigenvalue weighted by atomic mass is 9.96. The lowest BCUT2D eigenvalue weighted by Crippen LogP contribution is -2.53. The van der Waals surface area contributed by atoms with Gasteiger partial charge in [-0.25, -0.2) is 8.42 Å². The lowest BCUT2D eigenvalue weighted by Gasteiger charge is -2.37. The van der Waals surface area contributed by atoms with Crippen molar-refractivity contribution in [1.29, 1.82) is 0 Å². The molecule has 96 valence electrons. The van der Waals surface area contributed by atoms with Gasteiger partial charge in [-0.05, 0) is 32.2 Å². The summed E-state index contributed by atoms with van der Waals surface area (Å²) in [5, 5.41) is 3.46. The van der Waals surface area contributed by atoms with Crippen molar-refractivity contribution < 1.29 is 8.42 Å². The number of fused-ring (bicyclic) bond motifs is 1. The Morgan fingerprint density at radius 1 is 1.19 bits per heavy atom. The zero-order valence-electron chi connectivity index (χ0n) is 9.68. The van der Waals surface area contributed by atoms with E-state index in [9.17, 15) is 8.42 Å². The molecule has 4 nitrogen and oxygen atoms in total. The standard InChI is InChI=1S/C10H20N2O2S.ClH/c1-15(13,14)12-8-3-2-5-9-10(12)6-4-7-11-9;/h9-11H,2-8H2,1H3;1H/t9-,10-;/m1./s1. The Kier molecular flexibility index (Phi) is 5.04. The summed E-state index contributed by atoms with van der Waals surface area (Å²) in [6.07, 6.45) is 6.71. The van der Waals surface area contributed by atoms with Gasteiger partial charge < -0.3 is 5.32 Å². The van der Waals surface area contributed by atoms with E-state index in [-0.39, 0.29) is 18.4 Å². The number of piperidine rings is 1. The van der Waals surface area contributed by atoms with E-state index in [0.717, 1.165) is 38.6 Å². The fourth-order valence-corrected chi connectivity index (χ4v) is 3.99. The van der Waals surface area contributed by atoms with Crippen LogP contribution >= 0.6 is 12.4 Å². The number of nitrogens with one attached hydrogen (secondary N) is 1. The van der Waals surface area contributed by atoms with Crippen molar-refractivity contribution >= 4 is 22.4 Å². The molecular formula is C10H21ClN2O2S. The van der Waals surface area contributed by atoms with Crippen molar-refractivity contribution in [1.82, 2.24) is 9.62 Å². The molecule has 2 atom stereocenters. The van der Waals surface area contributed by atoms with Crippen LogP contribution in [0.1, 0.15) is 32.1 Å². The second-order valence-corrected chi connectivity index (χ2v) is 6.57. The Morgan fingerprint density at radius 2 is 1.94 bits per heavy atom. The van der Waals surface area contributed by atoms with Crippen LogP contribution in [0.15, 0.2) is 0 Å². The van der Waals surface area contributed by atoms with Crippen molar-refractivity contribution in [2.75, 3.05) is 19.3 Å². The highest BCUT2D eigenvalue weighted by Crippen LogP contribution is 2.25. The van der Waals surface area contributed by atoms with Crippen molar-refractivity contribution in [2.24, 2.45) is 0 Å². The first-order valence-electron chi connectivity index (χ1n) is 5.79. The minimum atomic E-state index is -3.03. The molecule has 2 aliphatic rings. The molecule has 2 heterocycles. The molecule has 6 heteroatoms. The van der Waals surface area contributed by atoms with Gasteiger partial charge in [-0.15, -0.1) is 12.4 Å². The molecule has 2 aliphatic heterocycles. The van der Waals surface area contributed by atoms with Crippen molar-refractivity contribution in [2.45, 2.75) is 44.2 Å². The number of nitrogens with zero attached hydrogens (tertiary/aromatic N) is 1. The summed E-state index contributed by atoms with van der Waals surface area (Å²) >= 11 is 0. The first-order valence-corrected chi connectivity index (χ1v) is 7.64. The summed E-state index contributed by atoms with van der Waals surface area (Å²) in [6, 6.07) is 0.590. The van der Waals surface area contributed by atoms with Crippen LogP contribution in [0.3, 0.4) is 0 Å². The van der Waals surface area contributed by atoms with E-state index in [4.69, 9.17) is 0 Å².